The third-order valence-corrected chi connectivity index (χ3v) is 4.47. The lowest BCUT2D eigenvalue weighted by Crippen LogP contribution is -2.47. The molecule has 2 fully saturated rings. The Labute approximate surface area is 116 Å². The maximum atomic E-state index is 11.7. The van der Waals surface area contributed by atoms with Gasteiger partial charge in [-0.3, -0.25) is 9.69 Å². The van der Waals surface area contributed by atoms with Crippen molar-refractivity contribution in [2.45, 2.75) is 52.0 Å². The fourth-order valence-corrected chi connectivity index (χ4v) is 2.84. The van der Waals surface area contributed by atoms with Crippen LogP contribution in [0.5, 0.6) is 0 Å². The van der Waals surface area contributed by atoms with Crippen LogP contribution in [0.2, 0.25) is 0 Å². The minimum absolute atomic E-state index is 0.572. The van der Waals surface area contributed by atoms with Gasteiger partial charge in [0, 0.05) is 25.8 Å². The number of carbonyl (C=O) groups is 1. The molecule has 4 nitrogen and oxygen atoms in total. The number of nitrogens with zero attached hydrogens (tertiary/aromatic N) is 1. The van der Waals surface area contributed by atoms with E-state index in [0.717, 1.165) is 13.0 Å². The number of hydrogen-bond donors (Lipinski definition) is 1. The lowest BCUT2D eigenvalue weighted by molar-refractivity contribution is -0.156. The van der Waals surface area contributed by atoms with Crippen LogP contribution in [0.3, 0.4) is 0 Å². The van der Waals surface area contributed by atoms with Crippen molar-refractivity contribution in [1.82, 2.24) is 4.90 Å². The summed E-state index contributed by atoms with van der Waals surface area (Å²) in [6.07, 6.45) is 4.96. The molecule has 2 aliphatic rings. The second-order valence-electron chi connectivity index (χ2n) is 6.58. The molecule has 19 heavy (non-hydrogen) atoms. The molecule has 1 aliphatic carbocycles. The van der Waals surface area contributed by atoms with Gasteiger partial charge >= 0.3 is 5.97 Å². The molecule has 0 spiro atoms. The highest BCUT2D eigenvalue weighted by atomic mass is 16.5. The van der Waals surface area contributed by atoms with Crippen molar-refractivity contribution >= 4 is 5.97 Å². The predicted octanol–water partition coefficient (Wildman–Crippen LogP) is 2.38. The summed E-state index contributed by atoms with van der Waals surface area (Å²) in [5.41, 5.74) is -0.572. The van der Waals surface area contributed by atoms with E-state index in [2.05, 4.69) is 18.7 Å². The van der Waals surface area contributed by atoms with Gasteiger partial charge < -0.3 is 9.84 Å². The Hall–Kier alpha value is -0.610. The number of aliphatic carboxylic acids is 1. The monoisotopic (exact) mass is 269 g/mol. The van der Waals surface area contributed by atoms with E-state index in [1.165, 1.54) is 12.8 Å². The van der Waals surface area contributed by atoms with Crippen LogP contribution in [-0.4, -0.2) is 48.3 Å². The highest BCUT2D eigenvalue weighted by Gasteiger charge is 2.44. The molecule has 2 rings (SSSR count). The van der Waals surface area contributed by atoms with Crippen LogP contribution in [0.1, 0.15) is 46.0 Å². The van der Waals surface area contributed by atoms with Gasteiger partial charge in [-0.2, -0.15) is 0 Å². The van der Waals surface area contributed by atoms with Crippen LogP contribution in [0, 0.1) is 11.3 Å². The second-order valence-corrected chi connectivity index (χ2v) is 6.58. The van der Waals surface area contributed by atoms with E-state index in [1.54, 1.807) is 0 Å². The molecule has 0 aromatic rings. The predicted molar refractivity (Wildman–Crippen MR) is 74.2 cm³/mol. The molecular weight excluding hydrogens is 242 g/mol. The van der Waals surface area contributed by atoms with E-state index in [4.69, 9.17) is 4.74 Å². The summed E-state index contributed by atoms with van der Waals surface area (Å²) in [7, 11) is 0. The average Bonchev–Trinajstić information content (AvgIpc) is 3.19. The fourth-order valence-electron chi connectivity index (χ4n) is 2.84. The van der Waals surface area contributed by atoms with Gasteiger partial charge in [0.05, 0.1) is 5.41 Å². The minimum Gasteiger partial charge on any atom is -0.481 e. The van der Waals surface area contributed by atoms with Gasteiger partial charge in [0.1, 0.15) is 0 Å². The number of rotatable bonds is 7. The molecule has 0 atom stereocenters. The van der Waals surface area contributed by atoms with E-state index in [0.29, 0.717) is 44.6 Å². The van der Waals surface area contributed by atoms with Gasteiger partial charge in [0.2, 0.25) is 0 Å². The molecule has 0 bridgehead atoms. The molecule has 0 unspecified atom stereocenters. The Bertz CT molecular complexity index is 307. The van der Waals surface area contributed by atoms with Gasteiger partial charge in [-0.1, -0.05) is 13.8 Å². The smallest absolute Gasteiger partial charge is 0.311 e. The van der Waals surface area contributed by atoms with Crippen LogP contribution >= 0.6 is 0 Å². The highest BCUT2D eigenvalue weighted by Crippen LogP contribution is 2.36. The summed E-state index contributed by atoms with van der Waals surface area (Å²) < 4.78 is 5.35. The van der Waals surface area contributed by atoms with Gasteiger partial charge in [-0.15, -0.1) is 0 Å². The van der Waals surface area contributed by atoms with Crippen LogP contribution in [0.25, 0.3) is 0 Å². The summed E-state index contributed by atoms with van der Waals surface area (Å²) in [5.74, 6) is 0.0442. The third kappa shape index (κ3) is 3.93. The lowest BCUT2D eigenvalue weighted by atomic mass is 9.79. The molecule has 0 aromatic heterocycles. The van der Waals surface area contributed by atoms with Crippen molar-refractivity contribution in [1.29, 1.82) is 0 Å². The number of carboxylic acids is 1. The Morgan fingerprint density at radius 2 is 2.00 bits per heavy atom. The van der Waals surface area contributed by atoms with E-state index in [9.17, 15) is 9.90 Å². The second kappa shape index (κ2) is 6.23. The summed E-state index contributed by atoms with van der Waals surface area (Å²) in [4.78, 5) is 14.1. The quantitative estimate of drug-likeness (QED) is 0.771. The Kier molecular flexibility index (Phi) is 4.85. The number of carboxylic acid groups (broad SMARTS) is 1. The molecule has 110 valence electrons. The SMILES string of the molecule is CC(C)CCN(CC1(C(=O)O)CCOCC1)C1CC1. The summed E-state index contributed by atoms with van der Waals surface area (Å²) >= 11 is 0. The molecule has 0 radical (unpaired) electrons. The molecule has 1 saturated carbocycles. The van der Waals surface area contributed by atoms with E-state index >= 15 is 0 Å². The number of ether oxygens (including phenoxy) is 1. The van der Waals surface area contributed by atoms with Gasteiger partial charge in [-0.05, 0) is 44.6 Å². The third-order valence-electron chi connectivity index (χ3n) is 4.47. The summed E-state index contributed by atoms with van der Waals surface area (Å²) in [5, 5.41) is 9.64. The molecule has 0 aromatic carbocycles. The Morgan fingerprint density at radius 3 is 2.47 bits per heavy atom. The normalized spacial score (nSPS) is 22.9. The molecule has 1 N–H and O–H groups in total. The molecule has 1 aliphatic heterocycles. The van der Waals surface area contributed by atoms with Gasteiger partial charge in [-0.25, -0.2) is 0 Å². The van der Waals surface area contributed by atoms with Crippen molar-refractivity contribution < 1.29 is 14.6 Å². The number of hydrogen-bond acceptors (Lipinski definition) is 3. The van der Waals surface area contributed by atoms with Crippen molar-refractivity contribution in [2.24, 2.45) is 11.3 Å². The first-order chi connectivity index (χ1) is 9.03. The maximum absolute atomic E-state index is 11.7. The van der Waals surface area contributed by atoms with E-state index in [-0.39, 0.29) is 0 Å². The molecule has 0 amide bonds. The zero-order chi connectivity index (χ0) is 13.9. The van der Waals surface area contributed by atoms with Crippen LogP contribution in [0.4, 0.5) is 0 Å². The van der Waals surface area contributed by atoms with E-state index in [1.807, 2.05) is 0 Å². The maximum Gasteiger partial charge on any atom is 0.311 e. The van der Waals surface area contributed by atoms with Gasteiger partial charge in [0.25, 0.3) is 0 Å². The van der Waals surface area contributed by atoms with Crippen molar-refractivity contribution in [3.63, 3.8) is 0 Å². The van der Waals surface area contributed by atoms with Gasteiger partial charge in [0.15, 0.2) is 0 Å². The Balaban J connectivity index is 1.98. The van der Waals surface area contributed by atoms with Crippen molar-refractivity contribution in [3.8, 4) is 0 Å². The summed E-state index contributed by atoms with van der Waals surface area (Å²) in [6, 6.07) is 0.637. The van der Waals surface area contributed by atoms with E-state index < -0.39 is 11.4 Å². The fraction of sp³-hybridized carbons (Fsp3) is 0.933. The molecular formula is C15H27NO3. The van der Waals surface area contributed by atoms with Crippen LogP contribution in [-0.2, 0) is 9.53 Å². The average molecular weight is 269 g/mol. The zero-order valence-corrected chi connectivity index (χ0v) is 12.2. The Morgan fingerprint density at radius 1 is 1.37 bits per heavy atom. The molecule has 1 heterocycles. The standard InChI is InChI=1S/C15H27NO3/c1-12(2)5-8-16(13-3-4-13)11-15(14(17)18)6-9-19-10-7-15/h12-13H,3-11H2,1-2H3,(H,17,18). The van der Waals surface area contributed by atoms with Crippen molar-refractivity contribution in [3.05, 3.63) is 0 Å². The van der Waals surface area contributed by atoms with Crippen LogP contribution in [0.15, 0.2) is 0 Å². The lowest BCUT2D eigenvalue weighted by Gasteiger charge is -2.38. The summed E-state index contributed by atoms with van der Waals surface area (Å²) in [6.45, 7) is 7.39. The zero-order valence-electron chi connectivity index (χ0n) is 12.2. The molecule has 1 saturated heterocycles. The first kappa shape index (κ1) is 14.8. The first-order valence-corrected chi connectivity index (χ1v) is 7.59. The van der Waals surface area contributed by atoms with Crippen LogP contribution < -0.4 is 0 Å². The minimum atomic E-state index is -0.633. The topological polar surface area (TPSA) is 49.8 Å². The largest absolute Gasteiger partial charge is 0.481 e. The molecule has 4 heteroatoms. The first-order valence-electron chi connectivity index (χ1n) is 7.59. The highest BCUT2D eigenvalue weighted by molar-refractivity contribution is 5.75. The van der Waals surface area contributed by atoms with Crippen molar-refractivity contribution in [2.75, 3.05) is 26.3 Å².